The van der Waals surface area contributed by atoms with Gasteiger partial charge in [0.1, 0.15) is 25.0 Å². The van der Waals surface area contributed by atoms with E-state index in [-0.39, 0.29) is 31.5 Å². The Hall–Kier alpha value is -3.03. The summed E-state index contributed by atoms with van der Waals surface area (Å²) in [5.74, 6) is 0.208. The van der Waals surface area contributed by atoms with Gasteiger partial charge in [-0.2, -0.15) is 0 Å². The predicted molar refractivity (Wildman–Crippen MR) is 94.4 cm³/mol. The number of nitrogens with zero attached hydrogens (tertiary/aromatic N) is 2. The van der Waals surface area contributed by atoms with E-state index in [0.29, 0.717) is 22.6 Å². The zero-order valence-electron chi connectivity index (χ0n) is 14.9. The number of cyclic esters (lactones) is 1. The molecule has 0 saturated carbocycles. The highest BCUT2D eigenvalue weighted by Crippen LogP contribution is 2.31. The van der Waals surface area contributed by atoms with E-state index in [0.717, 1.165) is 5.39 Å². The van der Waals surface area contributed by atoms with Crippen LogP contribution in [0.4, 0.5) is 4.79 Å². The number of rotatable bonds is 6. The Bertz CT molecular complexity index is 852. The summed E-state index contributed by atoms with van der Waals surface area (Å²) in [6, 6.07) is 4.95. The molecule has 1 saturated heterocycles. The number of hydrogen-bond donors (Lipinski definition) is 1. The van der Waals surface area contributed by atoms with E-state index < -0.39 is 5.91 Å². The largest absolute Gasteiger partial charge is 0.490 e. The number of benzene rings is 1. The van der Waals surface area contributed by atoms with E-state index in [4.69, 9.17) is 19.9 Å². The van der Waals surface area contributed by atoms with E-state index in [2.05, 4.69) is 4.98 Å². The van der Waals surface area contributed by atoms with Gasteiger partial charge >= 0.3 is 6.09 Å². The molecule has 8 nitrogen and oxygen atoms in total. The fourth-order valence-corrected chi connectivity index (χ4v) is 2.70. The molecule has 8 heteroatoms. The quantitative estimate of drug-likeness (QED) is 0.845. The maximum absolute atomic E-state index is 11.7. The van der Waals surface area contributed by atoms with E-state index in [1.165, 1.54) is 4.90 Å². The van der Waals surface area contributed by atoms with Crippen LogP contribution in [0.15, 0.2) is 24.4 Å². The molecule has 0 radical (unpaired) electrons. The van der Waals surface area contributed by atoms with Crippen molar-refractivity contribution >= 4 is 22.8 Å². The minimum absolute atomic E-state index is 0.123. The number of carbonyl (C=O) groups is 2. The van der Waals surface area contributed by atoms with Gasteiger partial charge in [-0.3, -0.25) is 4.79 Å². The van der Waals surface area contributed by atoms with E-state index >= 15 is 0 Å². The van der Waals surface area contributed by atoms with Crippen molar-refractivity contribution in [3.8, 4) is 11.6 Å². The second-order valence-corrected chi connectivity index (χ2v) is 6.37. The summed E-state index contributed by atoms with van der Waals surface area (Å²) in [7, 11) is 1.66. The number of hydrogen-bond acceptors (Lipinski definition) is 6. The summed E-state index contributed by atoms with van der Waals surface area (Å²) in [5.41, 5.74) is 5.78. The van der Waals surface area contributed by atoms with Crippen molar-refractivity contribution < 1.29 is 23.8 Å². The molecule has 0 bridgehead atoms. The first-order chi connectivity index (χ1) is 12.4. The van der Waals surface area contributed by atoms with Crippen LogP contribution in [0.5, 0.6) is 11.6 Å². The Morgan fingerprint density at radius 1 is 1.46 bits per heavy atom. The van der Waals surface area contributed by atoms with Crippen LogP contribution in [-0.2, 0) is 4.74 Å². The summed E-state index contributed by atoms with van der Waals surface area (Å²) in [6.07, 6.45) is 1.09. The summed E-state index contributed by atoms with van der Waals surface area (Å²) < 4.78 is 16.5. The monoisotopic (exact) mass is 359 g/mol. The zero-order valence-corrected chi connectivity index (χ0v) is 14.9. The van der Waals surface area contributed by atoms with Crippen LogP contribution in [-0.4, -0.2) is 54.3 Å². The van der Waals surface area contributed by atoms with Gasteiger partial charge in [0.15, 0.2) is 0 Å². The molecule has 0 aliphatic carbocycles. The highest BCUT2D eigenvalue weighted by Gasteiger charge is 2.30. The number of nitrogens with two attached hydrogens (primary N) is 1. The first-order valence-electron chi connectivity index (χ1n) is 8.28. The lowest BCUT2D eigenvalue weighted by atomic mass is 10.1. The van der Waals surface area contributed by atoms with E-state index in [1.807, 2.05) is 13.8 Å². The lowest BCUT2D eigenvalue weighted by molar-refractivity contribution is 0.0994. The van der Waals surface area contributed by atoms with Crippen LogP contribution in [0, 0.1) is 0 Å². The maximum Gasteiger partial charge on any atom is 0.410 e. The molecular formula is C18H21N3O5. The predicted octanol–water partition coefficient (Wildman–Crippen LogP) is 1.95. The molecule has 26 heavy (non-hydrogen) atoms. The third kappa shape index (κ3) is 3.49. The molecule has 1 aliphatic heterocycles. The van der Waals surface area contributed by atoms with Gasteiger partial charge in [-0.25, -0.2) is 9.78 Å². The lowest BCUT2D eigenvalue weighted by Gasteiger charge is -2.18. The van der Waals surface area contributed by atoms with Gasteiger partial charge in [-0.15, -0.1) is 0 Å². The Morgan fingerprint density at radius 3 is 2.85 bits per heavy atom. The molecule has 1 aromatic carbocycles. The van der Waals surface area contributed by atoms with Gasteiger partial charge in [0, 0.05) is 18.6 Å². The highest BCUT2D eigenvalue weighted by molar-refractivity contribution is 6.01. The van der Waals surface area contributed by atoms with Gasteiger partial charge in [-0.1, -0.05) is 0 Å². The van der Waals surface area contributed by atoms with Crippen LogP contribution in [0.3, 0.4) is 0 Å². The van der Waals surface area contributed by atoms with Crippen LogP contribution in [0.1, 0.15) is 24.2 Å². The van der Waals surface area contributed by atoms with Crippen LogP contribution in [0.25, 0.3) is 10.8 Å². The lowest BCUT2D eigenvalue weighted by Crippen LogP contribution is -2.34. The molecule has 2 N–H and O–H groups in total. The molecule has 3 rings (SSSR count). The van der Waals surface area contributed by atoms with Crippen LogP contribution >= 0.6 is 0 Å². The Balaban J connectivity index is 1.93. The molecule has 1 unspecified atom stereocenters. The minimum Gasteiger partial charge on any atom is -0.490 e. The number of ether oxygens (including phenoxy) is 3. The number of aromatic nitrogens is 1. The number of amides is 2. The molecule has 1 aliphatic rings. The van der Waals surface area contributed by atoms with Gasteiger partial charge in [0.25, 0.3) is 5.91 Å². The third-order valence-electron chi connectivity index (χ3n) is 4.10. The first-order valence-corrected chi connectivity index (χ1v) is 8.28. The van der Waals surface area contributed by atoms with Crippen molar-refractivity contribution in [2.75, 3.05) is 20.3 Å². The molecule has 0 spiro atoms. The number of pyridine rings is 1. The summed E-state index contributed by atoms with van der Waals surface area (Å²) in [5, 5.41) is 1.45. The van der Waals surface area contributed by atoms with Crippen molar-refractivity contribution in [1.82, 2.24) is 9.88 Å². The second-order valence-electron chi connectivity index (χ2n) is 6.37. The fraction of sp³-hybridized carbons (Fsp3) is 0.389. The van der Waals surface area contributed by atoms with Crippen molar-refractivity contribution in [1.29, 1.82) is 0 Å². The van der Waals surface area contributed by atoms with Crippen LogP contribution < -0.4 is 15.2 Å². The van der Waals surface area contributed by atoms with Crippen molar-refractivity contribution in [3.63, 3.8) is 0 Å². The van der Waals surface area contributed by atoms with Gasteiger partial charge < -0.3 is 24.8 Å². The molecule has 1 fully saturated rings. The van der Waals surface area contributed by atoms with E-state index in [1.54, 1.807) is 31.4 Å². The molecule has 138 valence electrons. The maximum atomic E-state index is 11.7. The van der Waals surface area contributed by atoms with Gasteiger partial charge in [0.2, 0.25) is 5.88 Å². The number of likely N-dealkylation sites (N-methyl/N-ethyl adjacent to an activating group) is 1. The molecule has 1 atom stereocenters. The average molecular weight is 359 g/mol. The Labute approximate surface area is 150 Å². The van der Waals surface area contributed by atoms with Gasteiger partial charge in [0.05, 0.1) is 11.7 Å². The van der Waals surface area contributed by atoms with Crippen molar-refractivity contribution in [2.45, 2.75) is 26.0 Å². The average Bonchev–Trinajstić information content (AvgIpc) is 2.90. The smallest absolute Gasteiger partial charge is 0.410 e. The molecule has 1 aromatic heterocycles. The molecule has 2 aromatic rings. The highest BCUT2D eigenvalue weighted by atomic mass is 16.6. The normalized spacial score (nSPS) is 16.8. The third-order valence-corrected chi connectivity index (χ3v) is 4.10. The summed E-state index contributed by atoms with van der Waals surface area (Å²) >= 11 is 0. The fourth-order valence-electron chi connectivity index (χ4n) is 2.70. The van der Waals surface area contributed by atoms with Crippen LogP contribution in [0.2, 0.25) is 0 Å². The Morgan fingerprint density at radius 2 is 2.23 bits per heavy atom. The minimum atomic E-state index is -0.565. The standard InChI is InChI=1S/C18H21N3O5/c1-10(2)26-15-7-13-11(6-14(15)16(19)22)4-5-20-17(13)24-8-12-9-25-18(23)21(12)3/h4-7,10,12H,8-9H2,1-3H3,(H2,19,22). The second kappa shape index (κ2) is 7.07. The zero-order chi connectivity index (χ0) is 18.8. The number of primary amides is 1. The van der Waals surface area contributed by atoms with E-state index in [9.17, 15) is 9.59 Å². The van der Waals surface area contributed by atoms with Crippen molar-refractivity contribution in [3.05, 3.63) is 30.0 Å². The molecule has 2 heterocycles. The number of fused-ring (bicyclic) bond motifs is 1. The SMILES string of the molecule is CC(C)Oc1cc2c(OCC3COC(=O)N3C)nccc2cc1C(N)=O. The topological polar surface area (TPSA) is 104 Å². The summed E-state index contributed by atoms with van der Waals surface area (Å²) in [4.78, 5) is 28.9. The number of carbonyl (C=O) groups excluding carboxylic acids is 2. The summed E-state index contributed by atoms with van der Waals surface area (Å²) in [6.45, 7) is 4.24. The molecule has 2 amide bonds. The molecular weight excluding hydrogens is 338 g/mol. The Kier molecular flexibility index (Phi) is 4.83. The van der Waals surface area contributed by atoms with Crippen molar-refractivity contribution in [2.24, 2.45) is 5.73 Å². The first kappa shape index (κ1) is 17.8. The van der Waals surface area contributed by atoms with Gasteiger partial charge in [-0.05, 0) is 37.4 Å².